The number of ether oxygens (including phenoxy) is 2. The van der Waals surface area contributed by atoms with Crippen molar-refractivity contribution < 1.29 is 18.7 Å². The van der Waals surface area contributed by atoms with Gasteiger partial charge in [0.15, 0.2) is 0 Å². The summed E-state index contributed by atoms with van der Waals surface area (Å²) in [6.45, 7) is 9.25. The molecule has 0 saturated carbocycles. The fourth-order valence-electron chi connectivity index (χ4n) is 4.21. The van der Waals surface area contributed by atoms with Crippen LogP contribution < -0.4 is 5.32 Å². The Balaban J connectivity index is 1.74. The maximum absolute atomic E-state index is 13.8. The number of morpholine rings is 1. The van der Waals surface area contributed by atoms with Gasteiger partial charge in [-0.25, -0.2) is 4.39 Å². The van der Waals surface area contributed by atoms with Crippen LogP contribution in [0.1, 0.15) is 32.3 Å². The highest BCUT2D eigenvalue weighted by atomic mass is 19.1. The number of carbonyl (C=O) groups is 1. The molecule has 5 nitrogen and oxygen atoms in total. The number of halogens is 1. The molecular formula is C21H31FN2O3. The summed E-state index contributed by atoms with van der Waals surface area (Å²) in [6, 6.07) is 6.71. The topological polar surface area (TPSA) is 50.8 Å². The minimum Gasteiger partial charge on any atom is -0.381 e. The first-order chi connectivity index (χ1) is 13.0. The Morgan fingerprint density at radius 1 is 1.19 bits per heavy atom. The van der Waals surface area contributed by atoms with Gasteiger partial charge in [-0.05, 0) is 36.5 Å². The van der Waals surface area contributed by atoms with E-state index in [0.717, 1.165) is 31.9 Å². The molecular weight excluding hydrogens is 347 g/mol. The van der Waals surface area contributed by atoms with E-state index in [9.17, 15) is 9.18 Å². The highest BCUT2D eigenvalue weighted by Gasteiger charge is 2.42. The molecule has 0 unspecified atom stereocenters. The number of carbonyl (C=O) groups excluding carboxylic acids is 1. The molecule has 150 valence electrons. The lowest BCUT2D eigenvalue weighted by molar-refractivity contribution is -0.131. The lowest BCUT2D eigenvalue weighted by atomic mass is 9.73. The highest BCUT2D eigenvalue weighted by Crippen LogP contribution is 2.35. The van der Waals surface area contributed by atoms with Gasteiger partial charge in [0.2, 0.25) is 5.91 Å². The molecule has 0 aromatic heterocycles. The number of nitrogens with zero attached hydrogens (tertiary/aromatic N) is 1. The van der Waals surface area contributed by atoms with E-state index in [0.29, 0.717) is 38.5 Å². The van der Waals surface area contributed by atoms with Gasteiger partial charge >= 0.3 is 0 Å². The molecule has 27 heavy (non-hydrogen) atoms. The number of nitrogens with one attached hydrogen (secondary N) is 1. The van der Waals surface area contributed by atoms with Crippen molar-refractivity contribution in [3.63, 3.8) is 0 Å². The predicted octanol–water partition coefficient (Wildman–Crippen LogP) is 2.35. The summed E-state index contributed by atoms with van der Waals surface area (Å²) in [5.41, 5.74) is 0.0307. The number of hydrogen-bond acceptors (Lipinski definition) is 4. The number of amides is 1. The zero-order valence-electron chi connectivity index (χ0n) is 16.4. The second-order valence-electron chi connectivity index (χ2n) is 7.87. The van der Waals surface area contributed by atoms with Crippen molar-refractivity contribution in [3.8, 4) is 0 Å². The maximum Gasteiger partial charge on any atom is 0.230 e. The first kappa shape index (κ1) is 20.2. The molecule has 1 amide bonds. The second kappa shape index (κ2) is 9.13. The summed E-state index contributed by atoms with van der Waals surface area (Å²) in [5, 5.41) is 3.19. The van der Waals surface area contributed by atoms with Crippen molar-refractivity contribution in [1.29, 1.82) is 0 Å². The molecule has 6 heteroatoms. The average Bonchev–Trinajstić information content (AvgIpc) is 2.69. The minimum absolute atomic E-state index is 0.0182. The number of rotatable bonds is 6. The van der Waals surface area contributed by atoms with Crippen LogP contribution in [0.4, 0.5) is 4.39 Å². The van der Waals surface area contributed by atoms with Crippen LogP contribution in [0.3, 0.4) is 0 Å². The van der Waals surface area contributed by atoms with Crippen molar-refractivity contribution in [2.24, 2.45) is 5.92 Å². The third kappa shape index (κ3) is 4.68. The van der Waals surface area contributed by atoms with Gasteiger partial charge in [0.25, 0.3) is 0 Å². The molecule has 0 aliphatic carbocycles. The monoisotopic (exact) mass is 378 g/mol. The average molecular weight is 378 g/mol. The molecule has 3 rings (SSSR count). The molecule has 1 aromatic rings. The zero-order chi connectivity index (χ0) is 19.3. The standard InChI is InChI=1S/C21H31FN2O3/c1-16(2)19(24-8-12-27-13-9-24)15-23-20(25)21(6-10-26-11-7-21)17-4-3-5-18(22)14-17/h3-5,14,16,19H,6-13,15H2,1-2H3,(H,23,25)/t19-/m1/s1. The summed E-state index contributed by atoms with van der Waals surface area (Å²) in [5.74, 6) is 0.0954. The lowest BCUT2D eigenvalue weighted by Crippen LogP contribution is -2.54. The quantitative estimate of drug-likeness (QED) is 0.826. The van der Waals surface area contributed by atoms with Gasteiger partial charge in [0.1, 0.15) is 5.82 Å². The van der Waals surface area contributed by atoms with E-state index >= 15 is 0 Å². The van der Waals surface area contributed by atoms with E-state index in [1.807, 2.05) is 6.07 Å². The molecule has 1 atom stereocenters. The van der Waals surface area contributed by atoms with E-state index in [1.54, 1.807) is 6.07 Å². The van der Waals surface area contributed by atoms with E-state index in [4.69, 9.17) is 9.47 Å². The fraction of sp³-hybridized carbons (Fsp3) is 0.667. The zero-order valence-corrected chi connectivity index (χ0v) is 16.4. The Bertz CT molecular complexity index is 626. The molecule has 2 aliphatic heterocycles. The van der Waals surface area contributed by atoms with E-state index < -0.39 is 5.41 Å². The van der Waals surface area contributed by atoms with Gasteiger partial charge in [-0.2, -0.15) is 0 Å². The van der Waals surface area contributed by atoms with E-state index in [2.05, 4.69) is 24.1 Å². The molecule has 1 aromatic carbocycles. The SMILES string of the molecule is CC(C)[C@@H](CNC(=O)C1(c2cccc(F)c2)CCOCC1)N1CCOCC1. The summed E-state index contributed by atoms with van der Waals surface area (Å²) in [7, 11) is 0. The Kier molecular flexibility index (Phi) is 6.84. The Morgan fingerprint density at radius 3 is 2.48 bits per heavy atom. The summed E-state index contributed by atoms with van der Waals surface area (Å²) in [4.78, 5) is 15.7. The van der Waals surface area contributed by atoms with Gasteiger partial charge in [-0.3, -0.25) is 9.69 Å². The first-order valence-electron chi connectivity index (χ1n) is 9.97. The summed E-state index contributed by atoms with van der Waals surface area (Å²) < 4.78 is 24.8. The fourth-order valence-corrected chi connectivity index (χ4v) is 4.21. The van der Waals surface area contributed by atoms with Crippen LogP contribution in [0.5, 0.6) is 0 Å². The largest absolute Gasteiger partial charge is 0.381 e. The van der Waals surface area contributed by atoms with Crippen LogP contribution in [0.2, 0.25) is 0 Å². The maximum atomic E-state index is 13.8. The normalized spacial score (nSPS) is 21.8. The lowest BCUT2D eigenvalue weighted by Gasteiger charge is -2.39. The van der Waals surface area contributed by atoms with Crippen LogP contribution in [0, 0.1) is 11.7 Å². The number of benzene rings is 1. The van der Waals surface area contributed by atoms with Crippen LogP contribution in [-0.2, 0) is 19.7 Å². The van der Waals surface area contributed by atoms with E-state index in [1.165, 1.54) is 12.1 Å². The summed E-state index contributed by atoms with van der Waals surface area (Å²) in [6.07, 6.45) is 1.15. The predicted molar refractivity (Wildman–Crippen MR) is 102 cm³/mol. The van der Waals surface area contributed by atoms with Gasteiger partial charge in [0.05, 0.1) is 18.6 Å². The van der Waals surface area contributed by atoms with Crippen molar-refractivity contribution in [2.45, 2.75) is 38.1 Å². The van der Waals surface area contributed by atoms with Crippen molar-refractivity contribution >= 4 is 5.91 Å². The smallest absolute Gasteiger partial charge is 0.230 e. The van der Waals surface area contributed by atoms with E-state index in [-0.39, 0.29) is 17.8 Å². The first-order valence-corrected chi connectivity index (χ1v) is 9.97. The highest BCUT2D eigenvalue weighted by molar-refractivity contribution is 5.88. The molecule has 0 bridgehead atoms. The molecule has 2 heterocycles. The molecule has 0 radical (unpaired) electrons. The van der Waals surface area contributed by atoms with Crippen LogP contribution in [0.25, 0.3) is 0 Å². The molecule has 2 saturated heterocycles. The third-order valence-electron chi connectivity index (χ3n) is 5.91. The van der Waals surface area contributed by atoms with Crippen molar-refractivity contribution in [2.75, 3.05) is 46.1 Å². The Labute approximate surface area is 161 Å². The molecule has 2 aliphatic rings. The summed E-state index contributed by atoms with van der Waals surface area (Å²) >= 11 is 0. The Hall–Kier alpha value is -1.50. The van der Waals surface area contributed by atoms with Crippen molar-refractivity contribution in [3.05, 3.63) is 35.6 Å². The Morgan fingerprint density at radius 2 is 1.85 bits per heavy atom. The second-order valence-corrected chi connectivity index (χ2v) is 7.87. The van der Waals surface area contributed by atoms with Gasteiger partial charge in [-0.15, -0.1) is 0 Å². The molecule has 2 fully saturated rings. The minimum atomic E-state index is -0.715. The molecule has 0 spiro atoms. The van der Waals surface area contributed by atoms with Gasteiger partial charge < -0.3 is 14.8 Å². The number of hydrogen-bond donors (Lipinski definition) is 1. The third-order valence-corrected chi connectivity index (χ3v) is 5.91. The van der Waals surface area contributed by atoms with Gasteiger partial charge in [0, 0.05) is 38.9 Å². The van der Waals surface area contributed by atoms with Gasteiger partial charge in [-0.1, -0.05) is 26.0 Å². The molecule has 1 N–H and O–H groups in total. The van der Waals surface area contributed by atoms with Crippen LogP contribution in [0.15, 0.2) is 24.3 Å². The van der Waals surface area contributed by atoms with Crippen LogP contribution >= 0.6 is 0 Å². The van der Waals surface area contributed by atoms with Crippen LogP contribution in [-0.4, -0.2) is 62.9 Å². The van der Waals surface area contributed by atoms with Crippen molar-refractivity contribution in [1.82, 2.24) is 10.2 Å².